The van der Waals surface area contributed by atoms with Crippen LogP contribution in [0.4, 0.5) is 0 Å². The summed E-state index contributed by atoms with van der Waals surface area (Å²) < 4.78 is 16.2. The summed E-state index contributed by atoms with van der Waals surface area (Å²) in [5.74, 6) is 1.33. The third-order valence-electron chi connectivity index (χ3n) is 4.29. The molecule has 7 nitrogen and oxygen atoms in total. The van der Waals surface area contributed by atoms with Gasteiger partial charge in [0.15, 0.2) is 0 Å². The number of methoxy groups -OCH3 is 1. The molecule has 1 atom stereocenters. The van der Waals surface area contributed by atoms with Crippen molar-refractivity contribution in [2.24, 2.45) is 0 Å². The van der Waals surface area contributed by atoms with E-state index in [-0.39, 0.29) is 24.3 Å². The van der Waals surface area contributed by atoms with E-state index in [1.165, 1.54) is 6.92 Å². The Morgan fingerprint density at radius 1 is 1.23 bits per heavy atom. The van der Waals surface area contributed by atoms with Crippen LogP contribution in [0.15, 0.2) is 24.3 Å². The van der Waals surface area contributed by atoms with Crippen molar-refractivity contribution in [1.82, 2.24) is 10.2 Å². The third-order valence-corrected chi connectivity index (χ3v) is 4.29. The van der Waals surface area contributed by atoms with Crippen molar-refractivity contribution in [3.8, 4) is 11.5 Å². The van der Waals surface area contributed by atoms with Crippen LogP contribution in [0.2, 0.25) is 0 Å². The zero-order valence-corrected chi connectivity index (χ0v) is 15.5. The number of hydrogen-bond acceptors (Lipinski definition) is 5. The maximum absolute atomic E-state index is 11.9. The van der Waals surface area contributed by atoms with Crippen molar-refractivity contribution in [1.29, 1.82) is 0 Å². The van der Waals surface area contributed by atoms with Crippen molar-refractivity contribution in [3.05, 3.63) is 24.3 Å². The van der Waals surface area contributed by atoms with Gasteiger partial charge in [-0.05, 0) is 37.1 Å². The normalized spacial score (nSPS) is 16.2. The lowest BCUT2D eigenvalue weighted by atomic mass is 10.2. The Hall–Kier alpha value is -2.28. The fourth-order valence-electron chi connectivity index (χ4n) is 2.73. The first kappa shape index (κ1) is 20.0. The minimum atomic E-state index is -0.0738. The second-order valence-corrected chi connectivity index (χ2v) is 6.22. The van der Waals surface area contributed by atoms with Gasteiger partial charge in [0.1, 0.15) is 18.1 Å². The minimum absolute atomic E-state index is 0.0668. The zero-order chi connectivity index (χ0) is 18.8. The van der Waals surface area contributed by atoms with Crippen LogP contribution in [0.1, 0.15) is 26.2 Å². The van der Waals surface area contributed by atoms with Gasteiger partial charge in [0, 0.05) is 33.0 Å². The number of nitrogens with one attached hydrogen (secondary N) is 1. The highest BCUT2D eigenvalue weighted by atomic mass is 16.5. The van der Waals surface area contributed by atoms with Crippen LogP contribution in [0, 0.1) is 0 Å². The SMILES string of the molecule is COc1ccc(OCCN(CCC(=O)NCC2CCCO2)C(C)=O)cc1. The fourth-order valence-corrected chi connectivity index (χ4v) is 2.73. The highest BCUT2D eigenvalue weighted by Gasteiger charge is 2.17. The minimum Gasteiger partial charge on any atom is -0.497 e. The molecule has 7 heteroatoms. The maximum atomic E-state index is 11.9. The van der Waals surface area contributed by atoms with Gasteiger partial charge in [-0.3, -0.25) is 9.59 Å². The molecule has 1 aliphatic rings. The van der Waals surface area contributed by atoms with Crippen LogP contribution < -0.4 is 14.8 Å². The molecule has 1 N–H and O–H groups in total. The van der Waals surface area contributed by atoms with Crippen molar-refractivity contribution in [3.63, 3.8) is 0 Å². The summed E-state index contributed by atoms with van der Waals surface area (Å²) in [6.45, 7) is 3.98. The number of benzene rings is 1. The molecule has 1 aromatic rings. The van der Waals surface area contributed by atoms with Crippen LogP contribution in [0.3, 0.4) is 0 Å². The van der Waals surface area contributed by atoms with E-state index in [2.05, 4.69) is 5.32 Å². The van der Waals surface area contributed by atoms with E-state index in [0.717, 1.165) is 25.2 Å². The molecule has 2 amide bonds. The van der Waals surface area contributed by atoms with Gasteiger partial charge in [-0.2, -0.15) is 0 Å². The Kier molecular flexibility index (Phi) is 8.21. The summed E-state index contributed by atoms with van der Waals surface area (Å²) in [5, 5.41) is 2.87. The summed E-state index contributed by atoms with van der Waals surface area (Å²) in [6, 6.07) is 7.26. The molecule has 1 aromatic carbocycles. The molecule has 0 aliphatic carbocycles. The van der Waals surface area contributed by atoms with E-state index >= 15 is 0 Å². The van der Waals surface area contributed by atoms with E-state index in [4.69, 9.17) is 14.2 Å². The van der Waals surface area contributed by atoms with Crippen LogP contribution in [-0.4, -0.2) is 62.8 Å². The number of rotatable bonds is 10. The third kappa shape index (κ3) is 6.92. The number of hydrogen-bond donors (Lipinski definition) is 1. The molecule has 0 spiro atoms. The zero-order valence-electron chi connectivity index (χ0n) is 15.5. The van der Waals surface area contributed by atoms with Gasteiger partial charge in [0.2, 0.25) is 11.8 Å². The summed E-state index contributed by atoms with van der Waals surface area (Å²) >= 11 is 0. The lowest BCUT2D eigenvalue weighted by molar-refractivity contribution is -0.130. The lowest BCUT2D eigenvalue weighted by Crippen LogP contribution is -2.38. The smallest absolute Gasteiger partial charge is 0.221 e. The van der Waals surface area contributed by atoms with Gasteiger partial charge in [-0.1, -0.05) is 0 Å². The van der Waals surface area contributed by atoms with Gasteiger partial charge >= 0.3 is 0 Å². The lowest BCUT2D eigenvalue weighted by Gasteiger charge is -2.21. The Labute approximate surface area is 154 Å². The Morgan fingerprint density at radius 2 is 1.96 bits per heavy atom. The van der Waals surface area contributed by atoms with E-state index in [1.54, 1.807) is 12.0 Å². The molecule has 144 valence electrons. The summed E-state index contributed by atoms with van der Waals surface area (Å²) in [5.41, 5.74) is 0. The molecule has 1 fully saturated rings. The Balaban J connectivity index is 1.66. The van der Waals surface area contributed by atoms with Crippen molar-refractivity contribution in [2.75, 3.05) is 40.0 Å². The standard InChI is InChI=1S/C19H28N2O5/c1-15(22)21(10-9-19(23)20-14-18-4-3-12-25-18)11-13-26-17-7-5-16(24-2)6-8-17/h5-8,18H,3-4,9-14H2,1-2H3,(H,20,23). The molecule has 1 aliphatic heterocycles. The monoisotopic (exact) mass is 364 g/mol. The Bertz CT molecular complexity index is 570. The molecule has 0 bridgehead atoms. The first-order valence-corrected chi connectivity index (χ1v) is 8.99. The first-order chi connectivity index (χ1) is 12.6. The quantitative estimate of drug-likeness (QED) is 0.682. The molecule has 2 rings (SSSR count). The van der Waals surface area contributed by atoms with Crippen molar-refractivity contribution < 1.29 is 23.8 Å². The molecule has 1 saturated heterocycles. The molecule has 1 heterocycles. The summed E-state index contributed by atoms with van der Waals surface area (Å²) in [7, 11) is 1.61. The van der Waals surface area contributed by atoms with Crippen molar-refractivity contribution >= 4 is 11.8 Å². The van der Waals surface area contributed by atoms with Gasteiger partial charge in [-0.15, -0.1) is 0 Å². The maximum Gasteiger partial charge on any atom is 0.221 e. The topological polar surface area (TPSA) is 77.1 Å². The molecule has 0 saturated carbocycles. The highest BCUT2D eigenvalue weighted by Crippen LogP contribution is 2.16. The second kappa shape index (κ2) is 10.7. The number of carbonyl (C=O) groups excluding carboxylic acids is 2. The van der Waals surface area contributed by atoms with Gasteiger partial charge < -0.3 is 24.4 Å². The number of carbonyl (C=O) groups is 2. The van der Waals surface area contributed by atoms with Crippen LogP contribution in [0.25, 0.3) is 0 Å². The summed E-state index contributed by atoms with van der Waals surface area (Å²) in [4.78, 5) is 25.3. The van der Waals surface area contributed by atoms with E-state index in [9.17, 15) is 9.59 Å². The summed E-state index contributed by atoms with van der Waals surface area (Å²) in [6.07, 6.45) is 2.44. The molecular formula is C19H28N2O5. The highest BCUT2D eigenvalue weighted by molar-refractivity contribution is 5.78. The molecule has 0 radical (unpaired) electrons. The van der Waals surface area contributed by atoms with Gasteiger partial charge in [-0.25, -0.2) is 0 Å². The predicted octanol–water partition coefficient (Wildman–Crippen LogP) is 1.61. The number of amides is 2. The van der Waals surface area contributed by atoms with Crippen LogP contribution in [-0.2, 0) is 14.3 Å². The number of nitrogens with zero attached hydrogens (tertiary/aromatic N) is 1. The van der Waals surface area contributed by atoms with E-state index in [1.807, 2.05) is 24.3 Å². The van der Waals surface area contributed by atoms with Crippen LogP contribution >= 0.6 is 0 Å². The Morgan fingerprint density at radius 3 is 2.58 bits per heavy atom. The van der Waals surface area contributed by atoms with Crippen molar-refractivity contribution in [2.45, 2.75) is 32.3 Å². The van der Waals surface area contributed by atoms with E-state index in [0.29, 0.717) is 32.0 Å². The fraction of sp³-hybridized carbons (Fsp3) is 0.579. The molecule has 26 heavy (non-hydrogen) atoms. The number of ether oxygens (including phenoxy) is 3. The van der Waals surface area contributed by atoms with E-state index < -0.39 is 0 Å². The van der Waals surface area contributed by atoms with Gasteiger partial charge in [0.25, 0.3) is 0 Å². The largest absolute Gasteiger partial charge is 0.497 e. The van der Waals surface area contributed by atoms with Crippen LogP contribution in [0.5, 0.6) is 11.5 Å². The predicted molar refractivity (Wildman–Crippen MR) is 97.3 cm³/mol. The molecule has 1 unspecified atom stereocenters. The molecule has 0 aromatic heterocycles. The second-order valence-electron chi connectivity index (χ2n) is 6.22. The first-order valence-electron chi connectivity index (χ1n) is 8.99. The average Bonchev–Trinajstić information content (AvgIpc) is 3.16. The average molecular weight is 364 g/mol. The molecular weight excluding hydrogens is 336 g/mol. The van der Waals surface area contributed by atoms with Gasteiger partial charge in [0.05, 0.1) is 19.8 Å².